The molecule has 2 heterocycles. The number of anilines is 3. The number of hydrogen-bond acceptors (Lipinski definition) is 6. The summed E-state index contributed by atoms with van der Waals surface area (Å²) in [6.07, 6.45) is 3.70. The smallest absolute Gasteiger partial charge is 0.247 e. The molecular formula is C22H25FN6. The molecule has 0 aliphatic carbocycles. The molecule has 7 heteroatoms. The molecule has 0 atom stereocenters. The standard InChI is InChI=1S/C22H25FN6/c23-19-10-4-5-11-20(19)28-13-15-29(16-14-28)22-26-21(17-25-27-22)24-12-6-9-18-7-2-1-3-8-18/h1-5,7-8,10-11,17H,6,9,12-16H2,(H,24,26,27). The average Bonchev–Trinajstić information content (AvgIpc) is 2.78. The van der Waals surface area contributed by atoms with Crippen molar-refractivity contribution in [2.75, 3.05) is 47.8 Å². The van der Waals surface area contributed by atoms with Gasteiger partial charge >= 0.3 is 0 Å². The Bertz CT molecular complexity index is 912. The number of para-hydroxylation sites is 1. The van der Waals surface area contributed by atoms with Crippen LogP contribution in [0.4, 0.5) is 21.8 Å². The Labute approximate surface area is 170 Å². The number of benzene rings is 2. The summed E-state index contributed by atoms with van der Waals surface area (Å²) in [4.78, 5) is 8.76. The van der Waals surface area contributed by atoms with Gasteiger partial charge in [-0.05, 0) is 30.5 Å². The minimum atomic E-state index is -0.180. The Morgan fingerprint density at radius 2 is 1.62 bits per heavy atom. The van der Waals surface area contributed by atoms with Crippen molar-refractivity contribution in [1.29, 1.82) is 0 Å². The second-order valence-electron chi connectivity index (χ2n) is 7.08. The van der Waals surface area contributed by atoms with Crippen molar-refractivity contribution < 1.29 is 4.39 Å². The highest BCUT2D eigenvalue weighted by Crippen LogP contribution is 2.21. The van der Waals surface area contributed by atoms with E-state index in [2.05, 4.69) is 54.6 Å². The van der Waals surface area contributed by atoms with E-state index in [1.165, 1.54) is 11.6 Å². The van der Waals surface area contributed by atoms with E-state index in [4.69, 9.17) is 0 Å². The average molecular weight is 392 g/mol. The Morgan fingerprint density at radius 1 is 0.897 bits per heavy atom. The van der Waals surface area contributed by atoms with Crippen LogP contribution in [-0.2, 0) is 6.42 Å². The van der Waals surface area contributed by atoms with E-state index in [0.29, 0.717) is 11.6 Å². The summed E-state index contributed by atoms with van der Waals surface area (Å²) in [5, 5.41) is 11.6. The fourth-order valence-corrected chi connectivity index (χ4v) is 3.52. The molecule has 3 aromatic rings. The van der Waals surface area contributed by atoms with Gasteiger partial charge in [-0.15, -0.1) is 5.10 Å². The van der Waals surface area contributed by atoms with E-state index in [1.54, 1.807) is 12.3 Å². The summed E-state index contributed by atoms with van der Waals surface area (Å²) in [6, 6.07) is 17.4. The zero-order chi connectivity index (χ0) is 19.9. The second kappa shape index (κ2) is 9.32. The molecule has 6 nitrogen and oxygen atoms in total. The summed E-state index contributed by atoms with van der Waals surface area (Å²) in [5.41, 5.74) is 1.99. The highest BCUT2D eigenvalue weighted by Gasteiger charge is 2.21. The van der Waals surface area contributed by atoms with E-state index in [-0.39, 0.29) is 5.82 Å². The quantitative estimate of drug-likeness (QED) is 0.622. The summed E-state index contributed by atoms with van der Waals surface area (Å²) >= 11 is 0. The lowest BCUT2D eigenvalue weighted by Crippen LogP contribution is -2.47. The summed E-state index contributed by atoms with van der Waals surface area (Å²) < 4.78 is 14.0. The number of piperazine rings is 1. The van der Waals surface area contributed by atoms with Gasteiger partial charge in [0.1, 0.15) is 5.82 Å². The van der Waals surface area contributed by atoms with Crippen LogP contribution in [0.2, 0.25) is 0 Å². The van der Waals surface area contributed by atoms with Crippen molar-refractivity contribution in [2.45, 2.75) is 12.8 Å². The first-order valence-corrected chi connectivity index (χ1v) is 10.0. The predicted octanol–water partition coefficient (Wildman–Crippen LogP) is 3.38. The Balaban J connectivity index is 1.28. The van der Waals surface area contributed by atoms with Gasteiger partial charge in [0.15, 0.2) is 5.82 Å². The van der Waals surface area contributed by atoms with Crippen molar-refractivity contribution in [3.63, 3.8) is 0 Å². The van der Waals surface area contributed by atoms with Gasteiger partial charge < -0.3 is 15.1 Å². The molecule has 0 spiro atoms. The molecule has 1 aliphatic heterocycles. The van der Waals surface area contributed by atoms with Gasteiger partial charge in [-0.25, -0.2) is 4.39 Å². The van der Waals surface area contributed by atoms with Crippen LogP contribution in [-0.4, -0.2) is 47.9 Å². The number of nitrogens with one attached hydrogen (secondary N) is 1. The van der Waals surface area contributed by atoms with Gasteiger partial charge in [-0.1, -0.05) is 42.5 Å². The van der Waals surface area contributed by atoms with E-state index >= 15 is 0 Å². The van der Waals surface area contributed by atoms with Crippen molar-refractivity contribution in [3.05, 3.63) is 72.2 Å². The van der Waals surface area contributed by atoms with E-state index in [9.17, 15) is 4.39 Å². The molecule has 2 aromatic carbocycles. The predicted molar refractivity (Wildman–Crippen MR) is 114 cm³/mol. The fourth-order valence-electron chi connectivity index (χ4n) is 3.52. The molecule has 0 bridgehead atoms. The molecular weight excluding hydrogens is 367 g/mol. The van der Waals surface area contributed by atoms with Crippen LogP contribution in [0.15, 0.2) is 60.8 Å². The first kappa shape index (κ1) is 19.1. The lowest BCUT2D eigenvalue weighted by Gasteiger charge is -2.36. The minimum Gasteiger partial charge on any atom is -0.369 e. The van der Waals surface area contributed by atoms with Crippen molar-refractivity contribution in [2.24, 2.45) is 0 Å². The highest BCUT2D eigenvalue weighted by atomic mass is 19.1. The number of aryl methyl sites for hydroxylation is 1. The lowest BCUT2D eigenvalue weighted by molar-refractivity contribution is 0.592. The summed E-state index contributed by atoms with van der Waals surface area (Å²) in [7, 11) is 0. The number of hydrogen-bond donors (Lipinski definition) is 1. The van der Waals surface area contributed by atoms with Crippen molar-refractivity contribution in [1.82, 2.24) is 15.2 Å². The van der Waals surface area contributed by atoms with Crippen LogP contribution < -0.4 is 15.1 Å². The van der Waals surface area contributed by atoms with E-state index in [0.717, 1.165) is 51.4 Å². The summed E-state index contributed by atoms with van der Waals surface area (Å²) in [6.45, 7) is 3.73. The molecule has 1 aromatic heterocycles. The largest absolute Gasteiger partial charge is 0.369 e. The maximum Gasteiger partial charge on any atom is 0.247 e. The van der Waals surface area contributed by atoms with Gasteiger partial charge in [-0.2, -0.15) is 10.1 Å². The molecule has 1 N–H and O–H groups in total. The SMILES string of the molecule is Fc1ccccc1N1CCN(c2nncc(NCCCc3ccccc3)n2)CC1. The number of halogens is 1. The molecule has 1 aliphatic rings. The first-order chi connectivity index (χ1) is 14.3. The van der Waals surface area contributed by atoms with Crippen LogP contribution in [0.3, 0.4) is 0 Å². The van der Waals surface area contributed by atoms with Crippen LogP contribution >= 0.6 is 0 Å². The zero-order valence-electron chi connectivity index (χ0n) is 16.3. The third-order valence-electron chi connectivity index (χ3n) is 5.09. The van der Waals surface area contributed by atoms with Gasteiger partial charge in [-0.3, -0.25) is 0 Å². The van der Waals surface area contributed by atoms with Crippen LogP contribution in [0.1, 0.15) is 12.0 Å². The number of aromatic nitrogens is 3. The van der Waals surface area contributed by atoms with Crippen LogP contribution in [0, 0.1) is 5.82 Å². The molecule has 0 amide bonds. The molecule has 0 radical (unpaired) electrons. The monoisotopic (exact) mass is 392 g/mol. The highest BCUT2D eigenvalue weighted by molar-refractivity contribution is 5.50. The third-order valence-corrected chi connectivity index (χ3v) is 5.09. The summed E-state index contributed by atoms with van der Waals surface area (Å²) in [5.74, 6) is 1.17. The molecule has 4 rings (SSSR count). The van der Waals surface area contributed by atoms with Crippen LogP contribution in [0.5, 0.6) is 0 Å². The first-order valence-electron chi connectivity index (χ1n) is 10.0. The van der Waals surface area contributed by atoms with Crippen molar-refractivity contribution in [3.8, 4) is 0 Å². The van der Waals surface area contributed by atoms with Gasteiger partial charge in [0, 0.05) is 32.7 Å². The Hall–Kier alpha value is -3.22. The van der Waals surface area contributed by atoms with Gasteiger partial charge in [0.2, 0.25) is 5.95 Å². The second-order valence-corrected chi connectivity index (χ2v) is 7.08. The van der Waals surface area contributed by atoms with Gasteiger partial charge in [0.05, 0.1) is 11.9 Å². The number of nitrogens with zero attached hydrogens (tertiary/aromatic N) is 5. The molecule has 0 saturated carbocycles. The topological polar surface area (TPSA) is 57.2 Å². The molecule has 150 valence electrons. The fraction of sp³-hybridized carbons (Fsp3) is 0.318. The van der Waals surface area contributed by atoms with Crippen molar-refractivity contribution >= 4 is 17.5 Å². The maximum absolute atomic E-state index is 14.0. The molecule has 1 saturated heterocycles. The maximum atomic E-state index is 14.0. The lowest BCUT2D eigenvalue weighted by atomic mass is 10.1. The Kier molecular flexibility index (Phi) is 6.14. The minimum absolute atomic E-state index is 0.180. The normalized spacial score (nSPS) is 14.1. The van der Waals surface area contributed by atoms with Crippen LogP contribution in [0.25, 0.3) is 0 Å². The molecule has 29 heavy (non-hydrogen) atoms. The van der Waals surface area contributed by atoms with E-state index in [1.807, 2.05) is 18.2 Å². The zero-order valence-corrected chi connectivity index (χ0v) is 16.3. The van der Waals surface area contributed by atoms with Gasteiger partial charge in [0.25, 0.3) is 0 Å². The third kappa shape index (κ3) is 4.99. The van der Waals surface area contributed by atoms with E-state index < -0.39 is 0 Å². The Morgan fingerprint density at radius 3 is 2.41 bits per heavy atom. The molecule has 0 unspecified atom stereocenters. The molecule has 1 fully saturated rings. The number of rotatable bonds is 7.